The van der Waals surface area contributed by atoms with Gasteiger partial charge in [-0.2, -0.15) is 0 Å². The molecular weight excluding hydrogens is 366 g/mol. The highest BCUT2D eigenvalue weighted by Gasteiger charge is 2.36. The molecule has 1 aliphatic rings. The average Bonchev–Trinajstić information content (AvgIpc) is 3.24. The first-order chi connectivity index (χ1) is 13.6. The minimum Gasteiger partial charge on any atom is -0.450 e. The van der Waals surface area contributed by atoms with Crippen LogP contribution in [-0.4, -0.2) is 28.5 Å². The Labute approximate surface area is 157 Å². The van der Waals surface area contributed by atoms with Crippen molar-refractivity contribution in [3.05, 3.63) is 60.4 Å². The van der Waals surface area contributed by atoms with E-state index in [1.54, 1.807) is 0 Å². The first-order valence-corrected chi connectivity index (χ1v) is 8.77. The predicted octanol–water partition coefficient (Wildman–Crippen LogP) is 3.87. The number of rotatable bonds is 3. The summed E-state index contributed by atoms with van der Waals surface area (Å²) in [6.07, 6.45) is 1.76. The molecule has 1 amide bonds. The first kappa shape index (κ1) is 16.6. The van der Waals surface area contributed by atoms with Gasteiger partial charge in [-0.25, -0.2) is 18.7 Å². The van der Waals surface area contributed by atoms with Crippen molar-refractivity contribution in [1.82, 2.24) is 9.97 Å². The van der Waals surface area contributed by atoms with Crippen LogP contribution in [0.4, 0.5) is 20.3 Å². The van der Waals surface area contributed by atoms with Gasteiger partial charge in [-0.15, -0.1) is 0 Å². The Morgan fingerprint density at radius 3 is 2.68 bits per heavy atom. The van der Waals surface area contributed by atoms with Gasteiger partial charge in [0.1, 0.15) is 40.8 Å². The Morgan fingerprint density at radius 1 is 1.07 bits per heavy atom. The molecule has 1 saturated heterocycles. The molecule has 4 aromatic rings. The van der Waals surface area contributed by atoms with Crippen LogP contribution in [0.15, 0.2) is 53.2 Å². The minimum absolute atomic E-state index is 0.197. The molecule has 2 aromatic heterocycles. The van der Waals surface area contributed by atoms with Gasteiger partial charge in [0.15, 0.2) is 11.4 Å². The maximum absolute atomic E-state index is 14.1. The quantitative estimate of drug-likeness (QED) is 0.584. The Hall–Kier alpha value is -3.55. The fourth-order valence-electron chi connectivity index (χ4n) is 3.57. The third-order valence-electron chi connectivity index (χ3n) is 4.88. The lowest BCUT2D eigenvalue weighted by atomic mass is 10.2. The van der Waals surface area contributed by atoms with E-state index in [0.717, 1.165) is 22.4 Å². The number of benzene rings is 2. The molecule has 3 heterocycles. The minimum atomic E-state index is -0.768. The van der Waals surface area contributed by atoms with Crippen molar-refractivity contribution in [2.45, 2.75) is 12.5 Å². The number of hydrogen-bond donors (Lipinski definition) is 1. The number of aromatic nitrogens is 2. The molecular formula is C20H14F2N4O2. The smallest absolute Gasteiger partial charge is 0.249 e. The van der Waals surface area contributed by atoms with E-state index in [4.69, 9.17) is 4.42 Å². The summed E-state index contributed by atoms with van der Waals surface area (Å²) in [6, 6.07) is 10.3. The molecule has 1 atom stereocenters. The molecule has 0 radical (unpaired) electrons. The molecule has 28 heavy (non-hydrogen) atoms. The molecule has 0 aliphatic carbocycles. The first-order valence-electron chi connectivity index (χ1n) is 8.77. The number of amides is 1. The third kappa shape index (κ3) is 2.49. The summed E-state index contributed by atoms with van der Waals surface area (Å²) in [7, 11) is 0. The lowest BCUT2D eigenvalue weighted by Gasteiger charge is -2.18. The van der Waals surface area contributed by atoms with Gasteiger partial charge in [0.05, 0.1) is 0 Å². The molecule has 140 valence electrons. The Balaban J connectivity index is 1.48. The van der Waals surface area contributed by atoms with Crippen molar-refractivity contribution < 1.29 is 18.0 Å². The van der Waals surface area contributed by atoms with E-state index in [1.807, 2.05) is 24.3 Å². The SMILES string of the molecule is O=C1C(Nc2ncnc3c2oc2ccccc23)CCN1c1c(F)cccc1F. The normalized spacial score (nSPS) is 17.0. The molecule has 0 bridgehead atoms. The number of fused-ring (bicyclic) bond motifs is 3. The fraction of sp³-hybridized carbons (Fsp3) is 0.150. The lowest BCUT2D eigenvalue weighted by molar-refractivity contribution is -0.117. The molecule has 1 N–H and O–H groups in total. The summed E-state index contributed by atoms with van der Waals surface area (Å²) in [4.78, 5) is 22.4. The molecule has 1 fully saturated rings. The largest absolute Gasteiger partial charge is 0.450 e. The van der Waals surface area contributed by atoms with Gasteiger partial charge in [-0.1, -0.05) is 18.2 Å². The van der Waals surface area contributed by atoms with Crippen LogP contribution in [0.2, 0.25) is 0 Å². The molecule has 0 saturated carbocycles. The Morgan fingerprint density at radius 2 is 1.86 bits per heavy atom. The van der Waals surface area contributed by atoms with Crippen LogP contribution < -0.4 is 10.2 Å². The monoisotopic (exact) mass is 380 g/mol. The second-order valence-electron chi connectivity index (χ2n) is 6.54. The van der Waals surface area contributed by atoms with Gasteiger partial charge in [-0.3, -0.25) is 4.79 Å². The third-order valence-corrected chi connectivity index (χ3v) is 4.88. The van der Waals surface area contributed by atoms with E-state index >= 15 is 0 Å². The van der Waals surface area contributed by atoms with E-state index in [-0.39, 0.29) is 12.2 Å². The number of carbonyl (C=O) groups excluding carboxylic acids is 1. The van der Waals surface area contributed by atoms with Crippen molar-refractivity contribution >= 4 is 39.5 Å². The Bertz CT molecular complexity index is 1200. The molecule has 8 heteroatoms. The number of nitrogens with zero attached hydrogens (tertiary/aromatic N) is 3. The summed E-state index contributed by atoms with van der Waals surface area (Å²) >= 11 is 0. The average molecular weight is 380 g/mol. The summed E-state index contributed by atoms with van der Waals surface area (Å²) in [5.41, 5.74) is 1.41. The van der Waals surface area contributed by atoms with Crippen molar-refractivity contribution in [2.24, 2.45) is 0 Å². The molecule has 5 rings (SSSR count). The van der Waals surface area contributed by atoms with E-state index in [9.17, 15) is 13.6 Å². The molecule has 6 nitrogen and oxygen atoms in total. The molecule has 2 aromatic carbocycles. The van der Waals surface area contributed by atoms with Crippen LogP contribution in [0.1, 0.15) is 6.42 Å². The molecule has 1 unspecified atom stereocenters. The van der Waals surface area contributed by atoms with Gasteiger partial charge < -0.3 is 14.6 Å². The molecule has 0 spiro atoms. The van der Waals surface area contributed by atoms with Gasteiger partial charge in [0.25, 0.3) is 0 Å². The maximum Gasteiger partial charge on any atom is 0.249 e. The number of halogens is 2. The number of carbonyl (C=O) groups is 1. The number of anilines is 2. The highest BCUT2D eigenvalue weighted by atomic mass is 19.1. The highest BCUT2D eigenvalue weighted by Crippen LogP contribution is 2.32. The van der Waals surface area contributed by atoms with Crippen LogP contribution in [0.3, 0.4) is 0 Å². The van der Waals surface area contributed by atoms with Crippen molar-refractivity contribution in [2.75, 3.05) is 16.8 Å². The summed E-state index contributed by atoms with van der Waals surface area (Å²) < 4.78 is 34.0. The second-order valence-corrected chi connectivity index (χ2v) is 6.54. The lowest BCUT2D eigenvalue weighted by Crippen LogP contribution is -2.34. The second kappa shape index (κ2) is 6.26. The van der Waals surface area contributed by atoms with Gasteiger partial charge in [0.2, 0.25) is 5.91 Å². The van der Waals surface area contributed by atoms with Crippen LogP contribution >= 0.6 is 0 Å². The fourth-order valence-corrected chi connectivity index (χ4v) is 3.57. The van der Waals surface area contributed by atoms with Crippen LogP contribution in [0, 0.1) is 11.6 Å². The summed E-state index contributed by atoms with van der Waals surface area (Å²) in [6.45, 7) is 0.197. The van der Waals surface area contributed by atoms with Crippen molar-refractivity contribution in [1.29, 1.82) is 0 Å². The van der Waals surface area contributed by atoms with Gasteiger partial charge >= 0.3 is 0 Å². The maximum atomic E-state index is 14.1. The molecule has 1 aliphatic heterocycles. The van der Waals surface area contributed by atoms with Crippen molar-refractivity contribution in [3.8, 4) is 0 Å². The van der Waals surface area contributed by atoms with Crippen LogP contribution in [-0.2, 0) is 4.79 Å². The zero-order chi connectivity index (χ0) is 19.3. The van der Waals surface area contributed by atoms with E-state index in [2.05, 4.69) is 15.3 Å². The Kier molecular flexibility index (Phi) is 3.71. The van der Waals surface area contributed by atoms with Gasteiger partial charge in [0, 0.05) is 11.9 Å². The standard InChI is InChI=1S/C20H14F2N4O2/c21-12-5-3-6-13(22)17(12)26-9-8-14(20(26)27)25-19-18-16(23-10-24-19)11-4-1-2-7-15(11)28-18/h1-7,10,14H,8-9H2,(H,23,24,25). The van der Waals surface area contributed by atoms with E-state index < -0.39 is 23.6 Å². The van der Waals surface area contributed by atoms with Crippen molar-refractivity contribution in [3.63, 3.8) is 0 Å². The van der Waals surface area contributed by atoms with E-state index in [0.29, 0.717) is 28.9 Å². The summed E-state index contributed by atoms with van der Waals surface area (Å²) in [5.74, 6) is -1.59. The van der Waals surface area contributed by atoms with Crippen LogP contribution in [0.5, 0.6) is 0 Å². The highest BCUT2D eigenvalue weighted by molar-refractivity contribution is 6.07. The predicted molar refractivity (Wildman–Crippen MR) is 100 cm³/mol. The zero-order valence-electron chi connectivity index (χ0n) is 14.5. The van der Waals surface area contributed by atoms with Gasteiger partial charge in [-0.05, 0) is 30.7 Å². The van der Waals surface area contributed by atoms with Crippen LogP contribution in [0.25, 0.3) is 22.1 Å². The number of nitrogens with one attached hydrogen (secondary N) is 1. The number of para-hydroxylation sites is 2. The zero-order valence-corrected chi connectivity index (χ0v) is 14.5. The number of hydrogen-bond acceptors (Lipinski definition) is 5. The summed E-state index contributed by atoms with van der Waals surface area (Å²) in [5, 5.41) is 3.90. The van der Waals surface area contributed by atoms with E-state index in [1.165, 1.54) is 12.4 Å². The number of furan rings is 1. The topological polar surface area (TPSA) is 71.3 Å².